The van der Waals surface area contributed by atoms with Crippen molar-refractivity contribution in [3.63, 3.8) is 0 Å². The van der Waals surface area contributed by atoms with Crippen molar-refractivity contribution in [3.8, 4) is 5.75 Å². The first-order chi connectivity index (χ1) is 13.5. The fourth-order valence-electron chi connectivity index (χ4n) is 3.58. The molecule has 3 atom stereocenters. The smallest absolute Gasteiger partial charge is 0.303 e. The first kappa shape index (κ1) is 20.7. The maximum Gasteiger partial charge on any atom is 0.303 e. The Morgan fingerprint density at radius 2 is 1.93 bits per heavy atom. The molecule has 2 aromatic rings. The van der Waals surface area contributed by atoms with Crippen molar-refractivity contribution in [1.82, 2.24) is 0 Å². The zero-order chi connectivity index (χ0) is 20.1. The van der Waals surface area contributed by atoms with Crippen molar-refractivity contribution in [1.29, 1.82) is 0 Å². The van der Waals surface area contributed by atoms with Gasteiger partial charge < -0.3 is 14.2 Å². The maximum absolute atomic E-state index is 11.5. The molecule has 0 amide bonds. The lowest BCUT2D eigenvalue weighted by Gasteiger charge is -2.35. The van der Waals surface area contributed by atoms with Crippen molar-refractivity contribution in [3.05, 3.63) is 64.2 Å². The van der Waals surface area contributed by atoms with E-state index >= 15 is 0 Å². The monoisotopic (exact) mass is 402 g/mol. The number of benzene rings is 2. The number of carbonyl (C=O) groups excluding carboxylic acids is 1. The van der Waals surface area contributed by atoms with Crippen LogP contribution in [-0.4, -0.2) is 24.8 Å². The molecule has 0 bridgehead atoms. The van der Waals surface area contributed by atoms with Gasteiger partial charge in [-0.15, -0.1) is 0 Å². The van der Waals surface area contributed by atoms with E-state index < -0.39 is 0 Å². The van der Waals surface area contributed by atoms with E-state index in [1.165, 1.54) is 6.92 Å². The summed E-state index contributed by atoms with van der Waals surface area (Å²) < 4.78 is 17.2. The number of rotatable bonds is 6. The van der Waals surface area contributed by atoms with E-state index in [0.717, 1.165) is 35.3 Å². The minimum absolute atomic E-state index is 0.127. The van der Waals surface area contributed by atoms with Gasteiger partial charge in [0.15, 0.2) is 0 Å². The van der Waals surface area contributed by atoms with Gasteiger partial charge in [-0.2, -0.15) is 0 Å². The van der Waals surface area contributed by atoms with Crippen molar-refractivity contribution >= 4 is 17.6 Å². The highest BCUT2D eigenvalue weighted by Crippen LogP contribution is 2.35. The highest BCUT2D eigenvalue weighted by Gasteiger charge is 2.33. The molecule has 3 unspecified atom stereocenters. The van der Waals surface area contributed by atoms with Gasteiger partial charge in [-0.1, -0.05) is 35.9 Å². The van der Waals surface area contributed by atoms with Crippen LogP contribution in [0.4, 0.5) is 0 Å². The Balaban J connectivity index is 1.82. The van der Waals surface area contributed by atoms with Gasteiger partial charge in [0.05, 0.1) is 12.7 Å². The molecular formula is C23H27ClO4. The number of carbonyl (C=O) groups is 1. The zero-order valence-corrected chi connectivity index (χ0v) is 17.4. The Labute approximate surface area is 171 Å². The van der Waals surface area contributed by atoms with Crippen molar-refractivity contribution in [2.45, 2.75) is 58.3 Å². The predicted molar refractivity (Wildman–Crippen MR) is 110 cm³/mol. The Morgan fingerprint density at radius 3 is 2.61 bits per heavy atom. The average molecular weight is 403 g/mol. The van der Waals surface area contributed by atoms with Crippen LogP contribution in [0.2, 0.25) is 5.02 Å². The molecule has 0 aliphatic carbocycles. The summed E-state index contributed by atoms with van der Waals surface area (Å²) in [6.07, 6.45) is 1.96. The van der Waals surface area contributed by atoms with Gasteiger partial charge in [0, 0.05) is 11.9 Å². The first-order valence-corrected chi connectivity index (χ1v) is 10.2. The van der Waals surface area contributed by atoms with Gasteiger partial charge in [0.1, 0.15) is 18.0 Å². The van der Waals surface area contributed by atoms with Crippen LogP contribution in [0.3, 0.4) is 0 Å². The number of hydrogen-bond donors (Lipinski definition) is 0. The maximum atomic E-state index is 11.5. The minimum Gasteiger partial charge on any atom is -0.494 e. The molecule has 5 heteroatoms. The Hall–Kier alpha value is -2.04. The molecular weight excluding hydrogens is 376 g/mol. The molecule has 0 aromatic heterocycles. The summed E-state index contributed by atoms with van der Waals surface area (Å²) in [4.78, 5) is 11.5. The SMILES string of the molecule is CCOc1ccc(Cc2cc(C3OC(C)CCC3OC(C)=O)ccc2Cl)cc1. The Morgan fingerprint density at radius 1 is 1.18 bits per heavy atom. The van der Waals surface area contributed by atoms with E-state index in [2.05, 4.69) is 18.2 Å². The molecule has 1 aliphatic rings. The number of hydrogen-bond acceptors (Lipinski definition) is 4. The van der Waals surface area contributed by atoms with Crippen molar-refractivity contribution < 1.29 is 19.0 Å². The van der Waals surface area contributed by atoms with Gasteiger partial charge in [-0.05, 0) is 68.0 Å². The Bertz CT molecular complexity index is 803. The third-order valence-corrected chi connectivity index (χ3v) is 5.29. The van der Waals surface area contributed by atoms with Crippen LogP contribution in [0, 0.1) is 0 Å². The van der Waals surface area contributed by atoms with Crippen LogP contribution in [0.1, 0.15) is 56.4 Å². The van der Waals surface area contributed by atoms with E-state index in [-0.39, 0.29) is 24.3 Å². The average Bonchev–Trinajstić information content (AvgIpc) is 2.66. The predicted octanol–water partition coefficient (Wildman–Crippen LogP) is 5.50. The number of esters is 1. The molecule has 1 fully saturated rings. The summed E-state index contributed by atoms with van der Waals surface area (Å²) in [5, 5.41) is 0.713. The summed E-state index contributed by atoms with van der Waals surface area (Å²) in [6.45, 7) is 6.11. The molecule has 1 aliphatic heterocycles. The molecule has 1 heterocycles. The van der Waals surface area contributed by atoms with E-state index in [1.807, 2.05) is 38.1 Å². The fraction of sp³-hybridized carbons (Fsp3) is 0.435. The number of halogens is 1. The first-order valence-electron chi connectivity index (χ1n) is 9.79. The van der Waals surface area contributed by atoms with Crippen LogP contribution >= 0.6 is 11.6 Å². The lowest BCUT2D eigenvalue weighted by molar-refractivity contribution is -0.169. The highest BCUT2D eigenvalue weighted by atomic mass is 35.5. The van der Waals surface area contributed by atoms with Gasteiger partial charge >= 0.3 is 5.97 Å². The second-order valence-electron chi connectivity index (χ2n) is 7.20. The van der Waals surface area contributed by atoms with Crippen molar-refractivity contribution in [2.75, 3.05) is 6.61 Å². The third-order valence-electron chi connectivity index (χ3n) is 4.92. The zero-order valence-electron chi connectivity index (χ0n) is 16.6. The van der Waals surface area contributed by atoms with Crippen LogP contribution in [0.15, 0.2) is 42.5 Å². The van der Waals surface area contributed by atoms with Crippen LogP contribution in [0.25, 0.3) is 0 Å². The molecule has 0 N–H and O–H groups in total. The van der Waals surface area contributed by atoms with E-state index in [0.29, 0.717) is 18.1 Å². The van der Waals surface area contributed by atoms with Crippen molar-refractivity contribution in [2.24, 2.45) is 0 Å². The second kappa shape index (κ2) is 9.44. The van der Waals surface area contributed by atoms with E-state index in [4.69, 9.17) is 25.8 Å². The molecule has 1 saturated heterocycles. The highest BCUT2D eigenvalue weighted by molar-refractivity contribution is 6.31. The molecule has 150 valence electrons. The minimum atomic E-state index is -0.281. The quantitative estimate of drug-likeness (QED) is 0.598. The summed E-state index contributed by atoms with van der Waals surface area (Å²) >= 11 is 6.46. The molecule has 4 nitrogen and oxygen atoms in total. The molecule has 2 aromatic carbocycles. The van der Waals surface area contributed by atoms with Gasteiger partial charge in [-0.25, -0.2) is 0 Å². The van der Waals surface area contributed by atoms with E-state index in [1.54, 1.807) is 0 Å². The molecule has 0 spiro atoms. The van der Waals surface area contributed by atoms with Crippen LogP contribution in [-0.2, 0) is 20.7 Å². The number of ether oxygens (including phenoxy) is 3. The lowest BCUT2D eigenvalue weighted by atomic mass is 9.93. The van der Waals surface area contributed by atoms with Gasteiger partial charge in [0.2, 0.25) is 0 Å². The normalized spacial score (nSPS) is 21.9. The fourth-order valence-corrected chi connectivity index (χ4v) is 3.76. The standard InChI is InChI=1S/C23H27ClO4/c1-4-26-20-9-6-17(7-10-20)13-19-14-18(8-11-21(19)24)23-22(28-16(3)25)12-5-15(2)27-23/h6-11,14-15,22-23H,4-5,12-13H2,1-3H3. The van der Waals surface area contributed by atoms with Gasteiger partial charge in [-0.3, -0.25) is 4.79 Å². The molecule has 3 rings (SSSR count). The van der Waals surface area contributed by atoms with Crippen LogP contribution in [0.5, 0.6) is 5.75 Å². The molecule has 0 saturated carbocycles. The van der Waals surface area contributed by atoms with Crippen LogP contribution < -0.4 is 4.74 Å². The second-order valence-corrected chi connectivity index (χ2v) is 7.60. The lowest BCUT2D eigenvalue weighted by Crippen LogP contribution is -2.34. The summed E-state index contributed by atoms with van der Waals surface area (Å²) in [5.41, 5.74) is 3.16. The van der Waals surface area contributed by atoms with Gasteiger partial charge in [0.25, 0.3) is 0 Å². The Kier molecular flexibility index (Phi) is 6.97. The molecule has 0 radical (unpaired) electrons. The summed E-state index contributed by atoms with van der Waals surface area (Å²) in [6, 6.07) is 14.0. The largest absolute Gasteiger partial charge is 0.494 e. The van der Waals surface area contributed by atoms with E-state index in [9.17, 15) is 4.79 Å². The molecule has 28 heavy (non-hydrogen) atoms. The summed E-state index contributed by atoms with van der Waals surface area (Å²) in [7, 11) is 0. The topological polar surface area (TPSA) is 44.8 Å². The summed E-state index contributed by atoms with van der Waals surface area (Å²) in [5.74, 6) is 0.580. The third kappa shape index (κ3) is 5.27.